The van der Waals surface area contributed by atoms with Gasteiger partial charge in [-0.05, 0) is 38.3 Å². The van der Waals surface area contributed by atoms with Gasteiger partial charge in [-0.2, -0.15) is 0 Å². The lowest BCUT2D eigenvalue weighted by atomic mass is 10.0. The van der Waals surface area contributed by atoms with E-state index in [9.17, 15) is 4.79 Å². The lowest BCUT2D eigenvalue weighted by Gasteiger charge is -2.34. The third-order valence-electron chi connectivity index (χ3n) is 3.14. The van der Waals surface area contributed by atoms with Crippen LogP contribution in [0.3, 0.4) is 0 Å². The smallest absolute Gasteiger partial charge is 0.317 e. The van der Waals surface area contributed by atoms with Gasteiger partial charge in [0.2, 0.25) is 0 Å². The van der Waals surface area contributed by atoms with E-state index in [1.165, 1.54) is 11.1 Å². The van der Waals surface area contributed by atoms with Gasteiger partial charge in [0.25, 0.3) is 0 Å². The molecule has 0 fully saturated rings. The maximum atomic E-state index is 11.0. The van der Waals surface area contributed by atoms with Crippen LogP contribution in [0.5, 0.6) is 0 Å². The summed E-state index contributed by atoms with van der Waals surface area (Å²) in [5, 5.41) is 9.01. The zero-order chi connectivity index (χ0) is 13.8. The molecule has 0 radical (unpaired) electrons. The largest absolute Gasteiger partial charge is 0.480 e. The number of nitrogens with zero attached hydrogens (tertiary/aromatic N) is 1. The van der Waals surface area contributed by atoms with Crippen molar-refractivity contribution < 1.29 is 9.90 Å². The van der Waals surface area contributed by atoms with Crippen molar-refractivity contribution in [1.82, 2.24) is 4.90 Å². The number of carboxylic acids is 1. The van der Waals surface area contributed by atoms with Gasteiger partial charge in [-0.1, -0.05) is 31.2 Å². The van der Waals surface area contributed by atoms with Crippen molar-refractivity contribution in [3.8, 4) is 0 Å². The quantitative estimate of drug-likeness (QED) is 0.872. The van der Waals surface area contributed by atoms with E-state index >= 15 is 0 Å². The van der Waals surface area contributed by atoms with E-state index in [0.29, 0.717) is 6.54 Å². The maximum absolute atomic E-state index is 11.0. The first-order chi connectivity index (χ1) is 8.34. The van der Waals surface area contributed by atoms with Gasteiger partial charge in [0.05, 0.1) is 6.54 Å². The lowest BCUT2D eigenvalue weighted by Crippen LogP contribution is -2.43. The number of carbonyl (C=O) groups is 1. The minimum Gasteiger partial charge on any atom is -0.480 e. The first-order valence-corrected chi connectivity index (χ1v) is 6.38. The van der Waals surface area contributed by atoms with Crippen LogP contribution in [-0.4, -0.2) is 28.1 Å². The minimum atomic E-state index is -0.779. The van der Waals surface area contributed by atoms with Crippen LogP contribution in [0, 0.1) is 0 Å². The second-order valence-corrected chi connectivity index (χ2v) is 5.54. The van der Waals surface area contributed by atoms with E-state index in [1.807, 2.05) is 37.8 Å². The summed E-state index contributed by atoms with van der Waals surface area (Å²) in [6.07, 6.45) is 0.973. The molecule has 3 nitrogen and oxygen atoms in total. The highest BCUT2D eigenvalue weighted by molar-refractivity contribution is 5.69. The molecule has 0 bridgehead atoms. The van der Waals surface area contributed by atoms with Crippen LogP contribution in [0.1, 0.15) is 38.8 Å². The fourth-order valence-electron chi connectivity index (χ4n) is 1.96. The summed E-state index contributed by atoms with van der Waals surface area (Å²) in [7, 11) is 0. The van der Waals surface area contributed by atoms with Crippen LogP contribution < -0.4 is 0 Å². The molecule has 100 valence electrons. The first kappa shape index (κ1) is 14.7. The standard InChI is InChI=1S/C15H23NO2/c1-5-12-8-6-7-9-13(12)10-16(11-14(17)18)15(2,3)4/h6-9H,5,10-11H2,1-4H3,(H,17,18). The average molecular weight is 249 g/mol. The fraction of sp³-hybridized carbons (Fsp3) is 0.533. The van der Waals surface area contributed by atoms with Gasteiger partial charge in [0.1, 0.15) is 0 Å². The van der Waals surface area contributed by atoms with Crippen molar-refractivity contribution in [2.24, 2.45) is 0 Å². The van der Waals surface area contributed by atoms with Crippen molar-refractivity contribution in [2.75, 3.05) is 6.54 Å². The fourth-order valence-corrected chi connectivity index (χ4v) is 1.96. The topological polar surface area (TPSA) is 40.5 Å². The van der Waals surface area contributed by atoms with E-state index in [1.54, 1.807) is 0 Å². The Bertz CT molecular complexity index is 407. The van der Waals surface area contributed by atoms with Gasteiger partial charge in [-0.15, -0.1) is 0 Å². The molecule has 0 aliphatic rings. The summed E-state index contributed by atoms with van der Waals surface area (Å²) in [5.41, 5.74) is 2.35. The highest BCUT2D eigenvalue weighted by Gasteiger charge is 2.24. The van der Waals surface area contributed by atoms with Crippen molar-refractivity contribution >= 4 is 5.97 Å². The summed E-state index contributed by atoms with van der Waals surface area (Å²) in [4.78, 5) is 12.9. The predicted molar refractivity (Wildman–Crippen MR) is 73.6 cm³/mol. The van der Waals surface area contributed by atoms with Crippen molar-refractivity contribution in [2.45, 2.75) is 46.2 Å². The number of rotatable bonds is 5. The minimum absolute atomic E-state index is 0.0710. The monoisotopic (exact) mass is 249 g/mol. The van der Waals surface area contributed by atoms with E-state index in [2.05, 4.69) is 19.1 Å². The normalized spacial score (nSPS) is 11.8. The third-order valence-corrected chi connectivity index (χ3v) is 3.14. The molecule has 1 N–H and O–H groups in total. The Balaban J connectivity index is 2.92. The second kappa shape index (κ2) is 6.01. The predicted octanol–water partition coefficient (Wildman–Crippen LogP) is 2.93. The van der Waals surface area contributed by atoms with E-state index in [-0.39, 0.29) is 12.1 Å². The van der Waals surface area contributed by atoms with Gasteiger partial charge >= 0.3 is 5.97 Å². The third kappa shape index (κ3) is 4.15. The number of hydrogen-bond acceptors (Lipinski definition) is 2. The Labute approximate surface area is 109 Å². The molecule has 0 saturated carbocycles. The summed E-state index contributed by atoms with van der Waals surface area (Å²) < 4.78 is 0. The number of carboxylic acid groups (broad SMARTS) is 1. The Morgan fingerprint density at radius 2 is 1.78 bits per heavy atom. The molecule has 0 unspecified atom stereocenters. The van der Waals surface area contributed by atoms with Crippen molar-refractivity contribution in [3.63, 3.8) is 0 Å². The molecule has 0 spiro atoms. The Hall–Kier alpha value is -1.35. The molecule has 3 heteroatoms. The molecule has 1 rings (SSSR count). The zero-order valence-electron chi connectivity index (χ0n) is 11.7. The summed E-state index contributed by atoms with van der Waals surface area (Å²) in [5.74, 6) is -0.779. The van der Waals surface area contributed by atoms with Gasteiger partial charge in [0.15, 0.2) is 0 Å². The maximum Gasteiger partial charge on any atom is 0.317 e. The van der Waals surface area contributed by atoms with E-state index in [0.717, 1.165) is 6.42 Å². The number of hydrogen-bond donors (Lipinski definition) is 1. The number of aliphatic carboxylic acids is 1. The molecule has 0 aliphatic carbocycles. The van der Waals surface area contributed by atoms with E-state index < -0.39 is 5.97 Å². The summed E-state index contributed by atoms with van der Waals surface area (Å²) >= 11 is 0. The van der Waals surface area contributed by atoms with Gasteiger partial charge < -0.3 is 5.11 Å². The van der Waals surface area contributed by atoms with Crippen LogP contribution >= 0.6 is 0 Å². The van der Waals surface area contributed by atoms with Gasteiger partial charge in [-0.3, -0.25) is 9.69 Å². The zero-order valence-corrected chi connectivity index (χ0v) is 11.7. The summed E-state index contributed by atoms with van der Waals surface area (Å²) in [6.45, 7) is 9.01. The Morgan fingerprint density at radius 1 is 1.22 bits per heavy atom. The molecule has 1 aromatic carbocycles. The molecule has 18 heavy (non-hydrogen) atoms. The van der Waals surface area contributed by atoms with Crippen molar-refractivity contribution in [1.29, 1.82) is 0 Å². The molecule has 1 aromatic rings. The molecule has 0 atom stereocenters. The highest BCUT2D eigenvalue weighted by atomic mass is 16.4. The molecular formula is C15H23NO2. The van der Waals surface area contributed by atoms with Crippen LogP contribution in [0.25, 0.3) is 0 Å². The molecule has 0 saturated heterocycles. The Morgan fingerprint density at radius 3 is 2.22 bits per heavy atom. The SMILES string of the molecule is CCc1ccccc1CN(CC(=O)O)C(C)(C)C. The molecule has 0 aliphatic heterocycles. The van der Waals surface area contributed by atoms with Crippen LogP contribution in [0.15, 0.2) is 24.3 Å². The van der Waals surface area contributed by atoms with Crippen molar-refractivity contribution in [3.05, 3.63) is 35.4 Å². The second-order valence-electron chi connectivity index (χ2n) is 5.54. The van der Waals surface area contributed by atoms with Gasteiger partial charge in [-0.25, -0.2) is 0 Å². The highest BCUT2D eigenvalue weighted by Crippen LogP contribution is 2.19. The number of aryl methyl sites for hydroxylation is 1. The molecule has 0 amide bonds. The van der Waals surface area contributed by atoms with Crippen LogP contribution in [-0.2, 0) is 17.8 Å². The van der Waals surface area contributed by atoms with E-state index in [4.69, 9.17) is 5.11 Å². The first-order valence-electron chi connectivity index (χ1n) is 6.38. The lowest BCUT2D eigenvalue weighted by molar-refractivity contribution is -0.139. The average Bonchev–Trinajstić information content (AvgIpc) is 2.27. The molecular weight excluding hydrogens is 226 g/mol. The molecule has 0 heterocycles. The van der Waals surface area contributed by atoms with Gasteiger partial charge in [0, 0.05) is 12.1 Å². The summed E-state index contributed by atoms with van der Waals surface area (Å²) in [6, 6.07) is 8.23. The Kier molecular flexibility index (Phi) is 4.91. The van der Waals surface area contributed by atoms with Crippen LogP contribution in [0.4, 0.5) is 0 Å². The molecule has 0 aromatic heterocycles. The van der Waals surface area contributed by atoms with Crippen LogP contribution in [0.2, 0.25) is 0 Å². The number of benzene rings is 1.